The summed E-state index contributed by atoms with van der Waals surface area (Å²) in [5.41, 5.74) is 6.61. The number of halogens is 1. The topological polar surface area (TPSA) is 108 Å². The Balaban J connectivity index is 1.62. The zero-order chi connectivity index (χ0) is 19.0. The number of methoxy groups -OCH3 is 1. The molecule has 0 bridgehead atoms. The molecule has 2 heterocycles. The first kappa shape index (κ1) is 17.2. The third-order valence-corrected chi connectivity index (χ3v) is 4.49. The molecule has 2 aromatic carbocycles. The van der Waals surface area contributed by atoms with Gasteiger partial charge in [-0.25, -0.2) is 5.43 Å². The van der Waals surface area contributed by atoms with E-state index in [9.17, 15) is 5.11 Å². The van der Waals surface area contributed by atoms with E-state index >= 15 is 0 Å². The van der Waals surface area contributed by atoms with Gasteiger partial charge in [0.05, 0.1) is 13.3 Å². The number of rotatable bonds is 4. The molecular formula is C18H15BrN6O2. The lowest BCUT2D eigenvalue weighted by Gasteiger charge is -2.06. The molecule has 4 aromatic rings. The maximum atomic E-state index is 10.1. The zero-order valence-corrected chi connectivity index (χ0v) is 16.1. The number of ether oxygens (including phenoxy) is 1. The molecule has 0 spiro atoms. The number of aromatic amines is 1. The van der Waals surface area contributed by atoms with Gasteiger partial charge in [0, 0.05) is 20.9 Å². The van der Waals surface area contributed by atoms with Crippen molar-refractivity contribution in [3.8, 4) is 11.5 Å². The number of hydrogen-bond donors (Lipinski definition) is 3. The number of nitrogens with zero attached hydrogens (tertiary/aromatic N) is 4. The predicted octanol–water partition coefficient (Wildman–Crippen LogP) is 3.74. The third kappa shape index (κ3) is 3.28. The predicted molar refractivity (Wildman–Crippen MR) is 108 cm³/mol. The van der Waals surface area contributed by atoms with Crippen LogP contribution in [0.3, 0.4) is 0 Å². The first-order chi connectivity index (χ1) is 13.0. The summed E-state index contributed by atoms with van der Waals surface area (Å²) in [5, 5.41) is 23.5. The van der Waals surface area contributed by atoms with Crippen LogP contribution in [0.25, 0.3) is 22.1 Å². The molecular weight excluding hydrogens is 412 g/mol. The SMILES string of the molecule is COc1cc(Br)cc(C=NNc2nnc3c(n2)[nH]c2ccc(C)cc23)c1O. The number of fused-ring (bicyclic) bond motifs is 3. The Labute approximate surface area is 162 Å². The van der Waals surface area contributed by atoms with Crippen LogP contribution in [0.2, 0.25) is 0 Å². The smallest absolute Gasteiger partial charge is 0.265 e. The number of aromatic hydroxyl groups is 1. The first-order valence-electron chi connectivity index (χ1n) is 8.03. The molecule has 8 nitrogen and oxygen atoms in total. The molecule has 136 valence electrons. The van der Waals surface area contributed by atoms with Gasteiger partial charge in [0.1, 0.15) is 5.52 Å². The van der Waals surface area contributed by atoms with Crippen LogP contribution in [-0.2, 0) is 0 Å². The van der Waals surface area contributed by atoms with E-state index in [2.05, 4.69) is 46.6 Å². The zero-order valence-electron chi connectivity index (χ0n) is 14.5. The highest BCUT2D eigenvalue weighted by atomic mass is 79.9. The summed E-state index contributed by atoms with van der Waals surface area (Å²) in [6.07, 6.45) is 1.45. The Morgan fingerprint density at radius 1 is 1.26 bits per heavy atom. The molecule has 2 aromatic heterocycles. The van der Waals surface area contributed by atoms with Crippen molar-refractivity contribution in [1.82, 2.24) is 20.2 Å². The molecule has 0 atom stereocenters. The minimum absolute atomic E-state index is 0.00765. The van der Waals surface area contributed by atoms with Crippen molar-refractivity contribution in [3.63, 3.8) is 0 Å². The number of benzene rings is 2. The van der Waals surface area contributed by atoms with Crippen molar-refractivity contribution < 1.29 is 9.84 Å². The second kappa shape index (κ2) is 6.84. The molecule has 0 unspecified atom stereocenters. The fraction of sp³-hybridized carbons (Fsp3) is 0.111. The molecule has 9 heteroatoms. The number of H-pyrrole nitrogens is 1. The summed E-state index contributed by atoms with van der Waals surface area (Å²) < 4.78 is 5.87. The van der Waals surface area contributed by atoms with Crippen molar-refractivity contribution >= 4 is 50.2 Å². The average molecular weight is 427 g/mol. The van der Waals surface area contributed by atoms with E-state index < -0.39 is 0 Å². The van der Waals surface area contributed by atoms with Gasteiger partial charge in [-0.15, -0.1) is 10.2 Å². The van der Waals surface area contributed by atoms with E-state index in [0.29, 0.717) is 22.5 Å². The second-order valence-corrected chi connectivity index (χ2v) is 6.84. The number of hydrazone groups is 1. The van der Waals surface area contributed by atoms with Crippen molar-refractivity contribution in [2.75, 3.05) is 12.5 Å². The molecule has 3 N–H and O–H groups in total. The molecule has 0 fully saturated rings. The normalized spacial score (nSPS) is 11.5. The summed E-state index contributed by atoms with van der Waals surface area (Å²) in [6.45, 7) is 2.02. The molecule has 0 amide bonds. The molecule has 0 radical (unpaired) electrons. The van der Waals surface area contributed by atoms with E-state index in [4.69, 9.17) is 4.74 Å². The third-order valence-electron chi connectivity index (χ3n) is 4.03. The van der Waals surface area contributed by atoms with Crippen LogP contribution in [0.4, 0.5) is 5.95 Å². The minimum atomic E-state index is -0.00765. The lowest BCUT2D eigenvalue weighted by molar-refractivity contribution is 0.373. The van der Waals surface area contributed by atoms with Gasteiger partial charge in [-0.2, -0.15) is 10.1 Å². The quantitative estimate of drug-likeness (QED) is 0.338. The summed E-state index contributed by atoms with van der Waals surface area (Å²) in [4.78, 5) is 7.61. The van der Waals surface area contributed by atoms with Crippen LogP contribution in [0.15, 0.2) is 39.9 Å². The Kier molecular flexibility index (Phi) is 4.36. The standard InChI is InChI=1S/C18H15BrN6O2/c1-9-3-4-13-12(5-9)15-17(21-13)22-18(25-23-15)24-20-8-10-6-11(19)7-14(27-2)16(10)26/h3-8,26H,1-2H3,(H2,21,22,24,25). The molecule has 0 aliphatic rings. The minimum Gasteiger partial charge on any atom is -0.504 e. The van der Waals surface area contributed by atoms with Crippen LogP contribution < -0.4 is 10.2 Å². The van der Waals surface area contributed by atoms with Gasteiger partial charge in [0.2, 0.25) is 0 Å². The molecule has 27 heavy (non-hydrogen) atoms. The molecule has 4 rings (SSSR count). The number of anilines is 1. The van der Waals surface area contributed by atoms with Gasteiger partial charge in [-0.05, 0) is 31.2 Å². The van der Waals surface area contributed by atoms with Crippen LogP contribution in [0.5, 0.6) is 11.5 Å². The summed E-state index contributed by atoms with van der Waals surface area (Å²) >= 11 is 3.36. The number of nitrogens with one attached hydrogen (secondary N) is 2. The van der Waals surface area contributed by atoms with Gasteiger partial charge in [-0.1, -0.05) is 27.6 Å². The molecule has 0 aliphatic heterocycles. The Morgan fingerprint density at radius 3 is 2.93 bits per heavy atom. The van der Waals surface area contributed by atoms with Crippen molar-refractivity contribution in [2.24, 2.45) is 5.10 Å². The molecule has 0 aliphatic carbocycles. The summed E-state index contributed by atoms with van der Waals surface area (Å²) in [5.74, 6) is 0.578. The number of aromatic nitrogens is 4. The van der Waals surface area contributed by atoms with Crippen LogP contribution in [0, 0.1) is 6.92 Å². The van der Waals surface area contributed by atoms with Crippen molar-refractivity contribution in [2.45, 2.75) is 6.92 Å². The van der Waals surface area contributed by atoms with E-state index in [1.165, 1.54) is 13.3 Å². The Hall–Kier alpha value is -3.20. The number of aryl methyl sites for hydroxylation is 1. The monoisotopic (exact) mass is 426 g/mol. The van der Waals surface area contributed by atoms with Crippen LogP contribution in [-0.4, -0.2) is 38.6 Å². The van der Waals surface area contributed by atoms with Crippen molar-refractivity contribution in [1.29, 1.82) is 0 Å². The van der Waals surface area contributed by atoms with E-state index in [1.807, 2.05) is 25.1 Å². The summed E-state index contributed by atoms with van der Waals surface area (Å²) in [7, 11) is 1.48. The van der Waals surface area contributed by atoms with Gasteiger partial charge in [0.25, 0.3) is 5.95 Å². The Morgan fingerprint density at radius 2 is 2.11 bits per heavy atom. The average Bonchev–Trinajstić information content (AvgIpc) is 3.01. The lowest BCUT2D eigenvalue weighted by atomic mass is 10.2. The highest BCUT2D eigenvalue weighted by Gasteiger charge is 2.10. The van der Waals surface area contributed by atoms with Gasteiger partial charge < -0.3 is 14.8 Å². The van der Waals surface area contributed by atoms with Gasteiger partial charge >= 0.3 is 0 Å². The number of phenols is 1. The molecule has 0 saturated heterocycles. The maximum Gasteiger partial charge on any atom is 0.265 e. The largest absolute Gasteiger partial charge is 0.504 e. The highest BCUT2D eigenvalue weighted by molar-refractivity contribution is 9.10. The first-order valence-corrected chi connectivity index (χ1v) is 8.83. The van der Waals surface area contributed by atoms with Crippen LogP contribution >= 0.6 is 15.9 Å². The van der Waals surface area contributed by atoms with E-state index in [0.717, 1.165) is 20.9 Å². The number of hydrogen-bond acceptors (Lipinski definition) is 7. The van der Waals surface area contributed by atoms with Gasteiger partial charge in [0.15, 0.2) is 17.1 Å². The summed E-state index contributed by atoms with van der Waals surface area (Å²) in [6, 6.07) is 9.43. The fourth-order valence-corrected chi connectivity index (χ4v) is 3.19. The van der Waals surface area contributed by atoms with E-state index in [1.54, 1.807) is 12.1 Å². The highest BCUT2D eigenvalue weighted by Crippen LogP contribution is 2.32. The van der Waals surface area contributed by atoms with Gasteiger partial charge in [-0.3, -0.25) is 0 Å². The van der Waals surface area contributed by atoms with Crippen molar-refractivity contribution in [3.05, 3.63) is 45.9 Å². The fourth-order valence-electron chi connectivity index (χ4n) is 2.74. The maximum absolute atomic E-state index is 10.1. The lowest BCUT2D eigenvalue weighted by Crippen LogP contribution is -1.99. The Bertz CT molecular complexity index is 1190. The number of phenolic OH excluding ortho intramolecular Hbond substituents is 1. The second-order valence-electron chi connectivity index (χ2n) is 5.92. The molecule has 0 saturated carbocycles. The van der Waals surface area contributed by atoms with E-state index in [-0.39, 0.29) is 11.7 Å². The van der Waals surface area contributed by atoms with Crippen LogP contribution in [0.1, 0.15) is 11.1 Å².